The molecule has 0 fully saturated rings. The van der Waals surface area contributed by atoms with Crippen molar-refractivity contribution >= 4 is 29.0 Å². The summed E-state index contributed by atoms with van der Waals surface area (Å²) in [4.78, 5) is 18.2. The van der Waals surface area contributed by atoms with Crippen LogP contribution in [0.2, 0.25) is 0 Å². The van der Waals surface area contributed by atoms with E-state index in [1.54, 1.807) is 11.3 Å². The van der Waals surface area contributed by atoms with Gasteiger partial charge >= 0.3 is 0 Å². The lowest BCUT2D eigenvalue weighted by Crippen LogP contribution is -2.25. The Balaban J connectivity index is 1.50. The number of thioether (sulfide) groups is 1. The minimum Gasteiger partial charge on any atom is -0.302 e. The first-order chi connectivity index (χ1) is 12.3. The summed E-state index contributed by atoms with van der Waals surface area (Å²) in [5.41, 5.74) is 3.46. The summed E-state index contributed by atoms with van der Waals surface area (Å²) in [5, 5.41) is 11.2. The molecule has 0 saturated carbocycles. The summed E-state index contributed by atoms with van der Waals surface area (Å²) in [7, 11) is 0. The first-order valence-electron chi connectivity index (χ1n) is 7.82. The van der Waals surface area contributed by atoms with Crippen LogP contribution >= 0.6 is 23.1 Å². The van der Waals surface area contributed by atoms with Crippen molar-refractivity contribution in [1.29, 1.82) is 0 Å². The van der Waals surface area contributed by atoms with Gasteiger partial charge in [-0.15, -0.1) is 21.5 Å². The number of aromatic nitrogens is 3. The quantitative estimate of drug-likeness (QED) is 0.484. The zero-order valence-electron chi connectivity index (χ0n) is 13.7. The van der Waals surface area contributed by atoms with Gasteiger partial charge in [-0.2, -0.15) is 0 Å². The Hall–Kier alpha value is -2.16. The average molecular weight is 374 g/mol. The normalized spacial score (nSPS) is 10.8. The van der Waals surface area contributed by atoms with Crippen LogP contribution in [0.15, 0.2) is 53.0 Å². The Morgan fingerprint density at radius 3 is 2.80 bits per heavy atom. The maximum Gasteiger partial charge on any atom is 0.254 e. The van der Waals surface area contributed by atoms with Crippen molar-refractivity contribution in [3.05, 3.63) is 53.4 Å². The van der Waals surface area contributed by atoms with Gasteiger partial charge in [-0.3, -0.25) is 9.63 Å². The summed E-state index contributed by atoms with van der Waals surface area (Å²) in [6.45, 7) is 3.12. The highest BCUT2D eigenvalue weighted by atomic mass is 32.2. The Morgan fingerprint density at radius 2 is 2.08 bits per heavy atom. The highest BCUT2D eigenvalue weighted by Gasteiger charge is 2.15. The molecule has 25 heavy (non-hydrogen) atoms. The Kier molecular flexibility index (Phi) is 6.21. The van der Waals surface area contributed by atoms with Gasteiger partial charge in [-0.25, -0.2) is 5.48 Å². The number of nitrogens with zero attached hydrogens (tertiary/aromatic N) is 3. The second kappa shape index (κ2) is 8.80. The third-order valence-corrected chi connectivity index (χ3v) is 5.21. The van der Waals surface area contributed by atoms with E-state index in [0.717, 1.165) is 28.0 Å². The molecule has 1 N–H and O–H groups in total. The molecule has 0 saturated heterocycles. The van der Waals surface area contributed by atoms with Crippen molar-refractivity contribution in [2.45, 2.75) is 25.2 Å². The van der Waals surface area contributed by atoms with Crippen LogP contribution in [0.3, 0.4) is 0 Å². The van der Waals surface area contributed by atoms with E-state index in [4.69, 9.17) is 4.84 Å². The molecular formula is C17H18N4O2S2. The van der Waals surface area contributed by atoms with Crippen molar-refractivity contribution in [3.63, 3.8) is 0 Å². The molecule has 1 amide bonds. The number of hydrogen-bond donors (Lipinski definition) is 1. The molecular weight excluding hydrogens is 356 g/mol. The van der Waals surface area contributed by atoms with Crippen LogP contribution in [0.25, 0.3) is 10.7 Å². The first-order valence-corrected chi connectivity index (χ1v) is 9.69. The zero-order valence-corrected chi connectivity index (χ0v) is 15.3. The molecule has 2 heterocycles. The molecule has 0 radical (unpaired) electrons. The second-order valence-corrected chi connectivity index (χ2v) is 7.01. The standard InChI is InChI=1S/C17H18N4O2S2/c1-2-21-16(14-9-6-10-24-14)18-19-17(21)25-12-15(22)20-23-11-13-7-4-3-5-8-13/h3-10H,2,11-12H2,1H3,(H,20,22). The third kappa shape index (κ3) is 4.68. The van der Waals surface area contributed by atoms with E-state index in [9.17, 15) is 4.79 Å². The van der Waals surface area contributed by atoms with Gasteiger partial charge in [0.05, 0.1) is 17.2 Å². The van der Waals surface area contributed by atoms with Gasteiger partial charge in [0.25, 0.3) is 5.91 Å². The number of amides is 1. The average Bonchev–Trinajstić information content (AvgIpc) is 3.30. The number of rotatable bonds is 8. The molecule has 6 nitrogen and oxygen atoms in total. The van der Waals surface area contributed by atoms with Gasteiger partial charge < -0.3 is 4.57 Å². The van der Waals surface area contributed by atoms with Crippen molar-refractivity contribution in [3.8, 4) is 10.7 Å². The molecule has 0 aliphatic carbocycles. The fourth-order valence-electron chi connectivity index (χ4n) is 2.20. The van der Waals surface area contributed by atoms with Crippen LogP contribution in [-0.2, 0) is 22.8 Å². The predicted molar refractivity (Wildman–Crippen MR) is 99.1 cm³/mol. The van der Waals surface area contributed by atoms with Crippen LogP contribution in [0.5, 0.6) is 0 Å². The van der Waals surface area contributed by atoms with E-state index >= 15 is 0 Å². The summed E-state index contributed by atoms with van der Waals surface area (Å²) in [6, 6.07) is 13.7. The molecule has 0 spiro atoms. The minimum atomic E-state index is -0.204. The molecule has 3 rings (SSSR count). The first kappa shape index (κ1) is 17.7. The fraction of sp³-hybridized carbons (Fsp3) is 0.235. The number of carbonyl (C=O) groups excluding carboxylic acids is 1. The van der Waals surface area contributed by atoms with Crippen molar-refractivity contribution in [2.24, 2.45) is 0 Å². The van der Waals surface area contributed by atoms with E-state index < -0.39 is 0 Å². The third-order valence-electron chi connectivity index (χ3n) is 3.37. The highest BCUT2D eigenvalue weighted by Crippen LogP contribution is 2.26. The Labute approximate surface area is 154 Å². The summed E-state index contributed by atoms with van der Waals surface area (Å²) >= 11 is 2.97. The lowest BCUT2D eigenvalue weighted by Gasteiger charge is -2.07. The number of thiophene rings is 1. The predicted octanol–water partition coefficient (Wildman–Crippen LogP) is 3.37. The lowest BCUT2D eigenvalue weighted by molar-refractivity contribution is -0.131. The minimum absolute atomic E-state index is 0.204. The van der Waals surface area contributed by atoms with Crippen LogP contribution in [0, 0.1) is 0 Å². The smallest absolute Gasteiger partial charge is 0.254 e. The van der Waals surface area contributed by atoms with E-state index in [2.05, 4.69) is 15.7 Å². The number of hydrogen-bond acceptors (Lipinski definition) is 6. The molecule has 0 unspecified atom stereocenters. The lowest BCUT2D eigenvalue weighted by atomic mass is 10.2. The van der Waals surface area contributed by atoms with Crippen LogP contribution < -0.4 is 5.48 Å². The number of hydroxylamine groups is 1. The molecule has 0 aliphatic heterocycles. The van der Waals surface area contributed by atoms with Crippen molar-refractivity contribution < 1.29 is 9.63 Å². The largest absolute Gasteiger partial charge is 0.302 e. The van der Waals surface area contributed by atoms with E-state index in [1.165, 1.54) is 11.8 Å². The van der Waals surface area contributed by atoms with Crippen LogP contribution in [0.1, 0.15) is 12.5 Å². The van der Waals surface area contributed by atoms with E-state index in [1.807, 2.05) is 59.3 Å². The maximum absolute atomic E-state index is 11.9. The van der Waals surface area contributed by atoms with Gasteiger partial charge in [0.1, 0.15) is 0 Å². The molecule has 0 bridgehead atoms. The van der Waals surface area contributed by atoms with Crippen LogP contribution in [0.4, 0.5) is 0 Å². The summed E-state index contributed by atoms with van der Waals surface area (Å²) in [6.07, 6.45) is 0. The maximum atomic E-state index is 11.9. The summed E-state index contributed by atoms with van der Waals surface area (Å²) in [5.74, 6) is 0.849. The van der Waals surface area contributed by atoms with Crippen molar-refractivity contribution in [2.75, 3.05) is 5.75 Å². The molecule has 3 aromatic rings. The number of carbonyl (C=O) groups is 1. The van der Waals surface area contributed by atoms with E-state index in [-0.39, 0.29) is 11.7 Å². The molecule has 0 atom stereocenters. The molecule has 8 heteroatoms. The monoisotopic (exact) mass is 374 g/mol. The van der Waals surface area contributed by atoms with Gasteiger partial charge in [-0.05, 0) is 23.9 Å². The SMILES string of the molecule is CCn1c(SCC(=O)NOCc2ccccc2)nnc1-c1cccs1. The topological polar surface area (TPSA) is 69.0 Å². The Morgan fingerprint density at radius 1 is 1.24 bits per heavy atom. The fourth-order valence-corrected chi connectivity index (χ4v) is 3.71. The summed E-state index contributed by atoms with van der Waals surface area (Å²) < 4.78 is 2.01. The zero-order chi connectivity index (χ0) is 17.5. The van der Waals surface area contributed by atoms with Gasteiger partial charge in [0.15, 0.2) is 11.0 Å². The molecule has 130 valence electrons. The highest BCUT2D eigenvalue weighted by molar-refractivity contribution is 7.99. The molecule has 1 aromatic carbocycles. The van der Waals surface area contributed by atoms with Gasteiger partial charge in [0.2, 0.25) is 0 Å². The van der Waals surface area contributed by atoms with Gasteiger partial charge in [-0.1, -0.05) is 48.2 Å². The second-order valence-electron chi connectivity index (χ2n) is 5.12. The Bertz CT molecular complexity index is 803. The van der Waals surface area contributed by atoms with Gasteiger partial charge in [0, 0.05) is 6.54 Å². The molecule has 2 aromatic heterocycles. The van der Waals surface area contributed by atoms with Crippen LogP contribution in [-0.4, -0.2) is 26.4 Å². The number of nitrogens with one attached hydrogen (secondary N) is 1. The molecule has 0 aliphatic rings. The van der Waals surface area contributed by atoms with E-state index in [0.29, 0.717) is 6.61 Å². The number of benzene rings is 1. The van der Waals surface area contributed by atoms with Crippen molar-refractivity contribution in [1.82, 2.24) is 20.2 Å².